The minimum atomic E-state index is -0.0700. The fourth-order valence-electron chi connectivity index (χ4n) is 2.34. The van der Waals surface area contributed by atoms with Crippen molar-refractivity contribution in [2.75, 3.05) is 26.4 Å². The van der Waals surface area contributed by atoms with Crippen LogP contribution in [0.5, 0.6) is 11.5 Å². The lowest BCUT2D eigenvalue weighted by atomic mass is 10.0. The molecule has 124 valence electrons. The fraction of sp³-hybridized carbons (Fsp3) is 0.316. The second kappa shape index (κ2) is 6.63. The lowest BCUT2D eigenvalue weighted by Gasteiger charge is -2.13. The number of ketones is 1. The monoisotopic (exact) mass is 326 g/mol. The van der Waals surface area contributed by atoms with E-state index >= 15 is 0 Å². The van der Waals surface area contributed by atoms with Crippen LogP contribution >= 0.6 is 0 Å². The third-order valence-electron chi connectivity index (χ3n) is 3.90. The van der Waals surface area contributed by atoms with Crippen molar-refractivity contribution in [3.8, 4) is 11.5 Å². The molecule has 0 spiro atoms. The van der Waals surface area contributed by atoms with Crippen molar-refractivity contribution in [2.45, 2.75) is 12.2 Å². The number of hydrogen-bond acceptors (Lipinski definition) is 5. The molecule has 0 radical (unpaired) electrons. The van der Waals surface area contributed by atoms with E-state index in [1.807, 2.05) is 18.2 Å². The maximum atomic E-state index is 12.7. The molecular weight excluding hydrogens is 308 g/mol. The summed E-state index contributed by atoms with van der Waals surface area (Å²) in [5.41, 5.74) is 1.15. The van der Waals surface area contributed by atoms with Crippen LogP contribution in [-0.4, -0.2) is 44.4 Å². The number of carbonyl (C=O) groups excluding carboxylic acids is 1. The predicted octanol–water partition coefficient (Wildman–Crippen LogP) is 2.47. The van der Waals surface area contributed by atoms with Gasteiger partial charge in [0.25, 0.3) is 0 Å². The molecule has 0 bridgehead atoms. The minimum Gasteiger partial charge on any atom is -0.491 e. The first-order valence-corrected chi connectivity index (χ1v) is 8.02. The molecule has 2 saturated heterocycles. The summed E-state index contributed by atoms with van der Waals surface area (Å²) in [5, 5.41) is 0. The van der Waals surface area contributed by atoms with Gasteiger partial charge in [-0.2, -0.15) is 0 Å². The maximum Gasteiger partial charge on any atom is 0.196 e. The van der Waals surface area contributed by atoms with Crippen LogP contribution in [0.3, 0.4) is 0 Å². The summed E-state index contributed by atoms with van der Waals surface area (Å²) >= 11 is 0. The van der Waals surface area contributed by atoms with Crippen molar-refractivity contribution in [1.29, 1.82) is 0 Å². The van der Waals surface area contributed by atoms with Crippen LogP contribution in [0.1, 0.15) is 15.9 Å². The smallest absolute Gasteiger partial charge is 0.196 e. The number of rotatable bonds is 8. The number of carbonyl (C=O) groups is 1. The van der Waals surface area contributed by atoms with Gasteiger partial charge in [-0.15, -0.1) is 0 Å². The average molecular weight is 326 g/mol. The first-order valence-electron chi connectivity index (χ1n) is 8.02. The quantitative estimate of drug-likeness (QED) is 0.551. The van der Waals surface area contributed by atoms with E-state index in [4.69, 9.17) is 18.9 Å². The van der Waals surface area contributed by atoms with Crippen molar-refractivity contribution < 1.29 is 23.7 Å². The van der Waals surface area contributed by atoms with E-state index in [2.05, 4.69) is 0 Å². The van der Waals surface area contributed by atoms with Gasteiger partial charge >= 0.3 is 0 Å². The van der Waals surface area contributed by atoms with Crippen LogP contribution in [-0.2, 0) is 9.47 Å². The number of hydrogen-bond donors (Lipinski definition) is 0. The zero-order chi connectivity index (χ0) is 16.4. The molecule has 5 heteroatoms. The number of epoxide rings is 2. The molecule has 2 aromatic carbocycles. The van der Waals surface area contributed by atoms with E-state index in [1.165, 1.54) is 0 Å². The van der Waals surface area contributed by atoms with Crippen LogP contribution in [0.2, 0.25) is 0 Å². The lowest BCUT2D eigenvalue weighted by Crippen LogP contribution is -2.10. The summed E-state index contributed by atoms with van der Waals surface area (Å²) in [7, 11) is 0. The molecule has 2 atom stereocenters. The van der Waals surface area contributed by atoms with Gasteiger partial charge < -0.3 is 18.9 Å². The normalized spacial score (nSPS) is 21.2. The van der Waals surface area contributed by atoms with Crippen molar-refractivity contribution in [3.63, 3.8) is 0 Å². The zero-order valence-electron chi connectivity index (χ0n) is 13.1. The van der Waals surface area contributed by atoms with Gasteiger partial charge in [0.2, 0.25) is 0 Å². The van der Waals surface area contributed by atoms with Crippen LogP contribution in [0, 0.1) is 0 Å². The highest BCUT2D eigenvalue weighted by Gasteiger charge is 2.26. The van der Waals surface area contributed by atoms with Gasteiger partial charge in [-0.3, -0.25) is 4.79 Å². The van der Waals surface area contributed by atoms with Crippen LogP contribution in [0.4, 0.5) is 0 Å². The summed E-state index contributed by atoms with van der Waals surface area (Å²) in [4.78, 5) is 12.7. The molecule has 5 nitrogen and oxygen atoms in total. The van der Waals surface area contributed by atoms with E-state index in [0.717, 1.165) is 6.61 Å². The molecule has 2 aliphatic rings. The van der Waals surface area contributed by atoms with Crippen molar-refractivity contribution in [3.05, 3.63) is 59.7 Å². The Labute approximate surface area is 140 Å². The van der Waals surface area contributed by atoms with Gasteiger partial charge in [0.15, 0.2) is 5.78 Å². The highest BCUT2D eigenvalue weighted by Crippen LogP contribution is 2.29. The average Bonchev–Trinajstić information content (AvgIpc) is 3.53. The number of benzene rings is 2. The molecule has 0 N–H and O–H groups in total. The summed E-state index contributed by atoms with van der Waals surface area (Å²) < 4.78 is 21.8. The topological polar surface area (TPSA) is 60.6 Å². The lowest BCUT2D eigenvalue weighted by molar-refractivity contribution is 0.103. The Kier molecular flexibility index (Phi) is 4.19. The SMILES string of the molecule is O=C(c1ccccc1)c1ccc(OCC2CO2)cc1OCC1CO1. The Morgan fingerprint density at radius 3 is 2.29 bits per heavy atom. The highest BCUT2D eigenvalue weighted by atomic mass is 16.6. The van der Waals surface area contributed by atoms with E-state index in [-0.39, 0.29) is 18.0 Å². The van der Waals surface area contributed by atoms with Crippen LogP contribution in [0.15, 0.2) is 48.5 Å². The molecule has 0 aliphatic carbocycles. The molecule has 24 heavy (non-hydrogen) atoms. The first kappa shape index (κ1) is 15.2. The Morgan fingerprint density at radius 1 is 0.958 bits per heavy atom. The summed E-state index contributed by atoms with van der Waals surface area (Å²) in [6.07, 6.45) is 0.300. The third-order valence-corrected chi connectivity index (χ3v) is 3.90. The van der Waals surface area contributed by atoms with Gasteiger partial charge in [0.1, 0.15) is 36.9 Å². The molecule has 2 unspecified atom stereocenters. The molecule has 2 fully saturated rings. The maximum absolute atomic E-state index is 12.7. The molecule has 2 aromatic rings. The van der Waals surface area contributed by atoms with Gasteiger partial charge in [0, 0.05) is 11.6 Å². The van der Waals surface area contributed by atoms with E-state index in [0.29, 0.717) is 42.4 Å². The first-order chi connectivity index (χ1) is 11.8. The van der Waals surface area contributed by atoms with Gasteiger partial charge in [-0.25, -0.2) is 0 Å². The molecule has 0 amide bonds. The summed E-state index contributed by atoms with van der Waals surface area (Å²) in [5.74, 6) is 1.12. The van der Waals surface area contributed by atoms with Crippen molar-refractivity contribution >= 4 is 5.78 Å². The van der Waals surface area contributed by atoms with E-state index in [1.54, 1.807) is 30.3 Å². The van der Waals surface area contributed by atoms with Gasteiger partial charge in [-0.1, -0.05) is 30.3 Å². The van der Waals surface area contributed by atoms with Crippen molar-refractivity contribution in [1.82, 2.24) is 0 Å². The molecular formula is C19H18O5. The minimum absolute atomic E-state index is 0.0700. The van der Waals surface area contributed by atoms with Crippen LogP contribution in [0.25, 0.3) is 0 Å². The van der Waals surface area contributed by atoms with Gasteiger partial charge in [-0.05, 0) is 12.1 Å². The fourth-order valence-corrected chi connectivity index (χ4v) is 2.34. The number of ether oxygens (including phenoxy) is 4. The molecule has 0 aromatic heterocycles. The molecule has 2 aliphatic heterocycles. The van der Waals surface area contributed by atoms with Crippen molar-refractivity contribution in [2.24, 2.45) is 0 Å². The Morgan fingerprint density at radius 2 is 1.62 bits per heavy atom. The molecule has 0 saturated carbocycles. The van der Waals surface area contributed by atoms with E-state index < -0.39 is 0 Å². The third kappa shape index (κ3) is 3.75. The summed E-state index contributed by atoms with van der Waals surface area (Å²) in [6.45, 7) is 2.39. The second-order valence-corrected chi connectivity index (χ2v) is 5.89. The largest absolute Gasteiger partial charge is 0.491 e. The standard InChI is InChI=1S/C19H18O5/c20-19(13-4-2-1-3-5-13)17-7-6-14(21-9-15-10-22-15)8-18(17)24-12-16-11-23-16/h1-8,15-16H,9-12H2. The second-order valence-electron chi connectivity index (χ2n) is 5.89. The Bertz CT molecular complexity index is 720. The summed E-state index contributed by atoms with van der Waals surface area (Å²) in [6, 6.07) is 14.5. The zero-order valence-corrected chi connectivity index (χ0v) is 13.1. The molecule has 2 heterocycles. The predicted molar refractivity (Wildman–Crippen MR) is 86.8 cm³/mol. The van der Waals surface area contributed by atoms with E-state index in [9.17, 15) is 4.79 Å². The highest BCUT2D eigenvalue weighted by molar-refractivity contribution is 6.10. The Balaban J connectivity index is 1.56. The van der Waals surface area contributed by atoms with Crippen LogP contribution < -0.4 is 9.47 Å². The molecule has 4 rings (SSSR count). The van der Waals surface area contributed by atoms with Gasteiger partial charge in [0.05, 0.1) is 18.8 Å². The Hall–Kier alpha value is -2.37.